The van der Waals surface area contributed by atoms with Crippen molar-refractivity contribution in [2.45, 2.75) is 26.5 Å². The zero-order valence-electron chi connectivity index (χ0n) is 13.3. The molecule has 3 rings (SSSR count). The van der Waals surface area contributed by atoms with Crippen LogP contribution in [0.4, 0.5) is 0 Å². The smallest absolute Gasteiger partial charge is 0.326 e. The maximum absolute atomic E-state index is 12.3. The number of hydrogen-bond donors (Lipinski definition) is 0. The topological polar surface area (TPSA) is 90.2 Å². The van der Waals surface area contributed by atoms with E-state index in [0.29, 0.717) is 23.6 Å². The molecule has 0 spiro atoms. The van der Waals surface area contributed by atoms with Crippen molar-refractivity contribution < 1.29 is 14.3 Å². The number of benzene rings is 1. The number of aryl methyl sites for hydroxylation is 1. The first-order valence-corrected chi connectivity index (χ1v) is 7.62. The zero-order chi connectivity index (χ0) is 17.1. The number of carbonyl (C=O) groups excluding carboxylic acids is 2. The van der Waals surface area contributed by atoms with Gasteiger partial charge in [-0.15, -0.1) is 5.10 Å². The van der Waals surface area contributed by atoms with E-state index in [0.717, 1.165) is 12.0 Å². The Kier molecular flexibility index (Phi) is 4.37. The fourth-order valence-electron chi connectivity index (χ4n) is 2.53. The van der Waals surface area contributed by atoms with Crippen LogP contribution < -0.4 is 0 Å². The molecular formula is C16H17N5O3. The van der Waals surface area contributed by atoms with Crippen LogP contribution in [0.5, 0.6) is 0 Å². The van der Waals surface area contributed by atoms with Gasteiger partial charge in [-0.3, -0.25) is 14.5 Å². The van der Waals surface area contributed by atoms with Gasteiger partial charge < -0.3 is 4.74 Å². The SMILES string of the molecule is C=C1c2ccccc2C(=O)N1CC(=O)OCc1nnnn1CCC. The van der Waals surface area contributed by atoms with E-state index in [2.05, 4.69) is 22.1 Å². The molecule has 0 saturated heterocycles. The van der Waals surface area contributed by atoms with E-state index in [4.69, 9.17) is 4.74 Å². The second kappa shape index (κ2) is 6.61. The number of carbonyl (C=O) groups is 2. The quantitative estimate of drug-likeness (QED) is 0.742. The zero-order valence-corrected chi connectivity index (χ0v) is 13.3. The molecule has 1 aromatic heterocycles. The van der Waals surface area contributed by atoms with Crippen molar-refractivity contribution in [2.24, 2.45) is 0 Å². The molecular weight excluding hydrogens is 310 g/mol. The normalized spacial score (nSPS) is 13.3. The van der Waals surface area contributed by atoms with Gasteiger partial charge in [0.1, 0.15) is 6.54 Å². The Balaban J connectivity index is 1.61. The van der Waals surface area contributed by atoms with E-state index >= 15 is 0 Å². The van der Waals surface area contributed by atoms with E-state index in [1.807, 2.05) is 13.0 Å². The number of nitrogens with zero attached hydrogens (tertiary/aromatic N) is 5. The predicted octanol–water partition coefficient (Wildman–Crippen LogP) is 1.25. The van der Waals surface area contributed by atoms with Gasteiger partial charge in [0.2, 0.25) is 0 Å². The van der Waals surface area contributed by atoms with Crippen molar-refractivity contribution in [1.29, 1.82) is 0 Å². The second-order valence-corrected chi connectivity index (χ2v) is 5.36. The molecule has 0 unspecified atom stereocenters. The number of hydrogen-bond acceptors (Lipinski definition) is 6. The van der Waals surface area contributed by atoms with Crippen LogP contribution in [0.3, 0.4) is 0 Å². The fourth-order valence-corrected chi connectivity index (χ4v) is 2.53. The Morgan fingerprint density at radius 2 is 2.04 bits per heavy atom. The van der Waals surface area contributed by atoms with Crippen LogP contribution in [-0.4, -0.2) is 43.5 Å². The molecule has 0 radical (unpaired) electrons. The number of amides is 1. The summed E-state index contributed by atoms with van der Waals surface area (Å²) in [5, 5.41) is 11.2. The molecule has 0 N–H and O–H groups in total. The first-order valence-electron chi connectivity index (χ1n) is 7.62. The van der Waals surface area contributed by atoms with Gasteiger partial charge in [0, 0.05) is 23.4 Å². The summed E-state index contributed by atoms with van der Waals surface area (Å²) < 4.78 is 6.78. The van der Waals surface area contributed by atoms with Crippen molar-refractivity contribution in [3.8, 4) is 0 Å². The van der Waals surface area contributed by atoms with E-state index < -0.39 is 5.97 Å². The van der Waals surface area contributed by atoms with Crippen LogP contribution in [0, 0.1) is 0 Å². The Morgan fingerprint density at radius 3 is 2.75 bits per heavy atom. The van der Waals surface area contributed by atoms with Gasteiger partial charge in [-0.2, -0.15) is 0 Å². The van der Waals surface area contributed by atoms with Crippen molar-refractivity contribution >= 4 is 17.6 Å². The van der Waals surface area contributed by atoms with Gasteiger partial charge >= 0.3 is 5.97 Å². The standard InChI is InChI=1S/C16H17N5O3/c1-3-8-21-14(17-18-19-21)10-24-15(22)9-20-11(2)12-6-4-5-7-13(12)16(20)23/h4-7H,2-3,8-10H2,1H3. The van der Waals surface area contributed by atoms with Crippen LogP contribution in [0.1, 0.15) is 35.1 Å². The van der Waals surface area contributed by atoms with Crippen molar-refractivity contribution in [1.82, 2.24) is 25.1 Å². The monoisotopic (exact) mass is 327 g/mol. The number of fused-ring (bicyclic) bond motifs is 1. The molecule has 0 bridgehead atoms. The van der Waals surface area contributed by atoms with Crippen LogP contribution in [0.25, 0.3) is 5.70 Å². The maximum atomic E-state index is 12.3. The van der Waals surface area contributed by atoms with Gasteiger partial charge in [-0.05, 0) is 22.9 Å². The third kappa shape index (κ3) is 2.90. The highest BCUT2D eigenvalue weighted by atomic mass is 16.5. The van der Waals surface area contributed by atoms with E-state index in [9.17, 15) is 9.59 Å². The summed E-state index contributed by atoms with van der Waals surface area (Å²) in [6.07, 6.45) is 0.867. The molecule has 2 aromatic rings. The van der Waals surface area contributed by atoms with Crippen LogP contribution >= 0.6 is 0 Å². The van der Waals surface area contributed by atoms with Crippen LogP contribution in [0.15, 0.2) is 30.8 Å². The van der Waals surface area contributed by atoms with Crippen LogP contribution in [-0.2, 0) is 22.7 Å². The fraction of sp³-hybridized carbons (Fsp3) is 0.312. The summed E-state index contributed by atoms with van der Waals surface area (Å²) in [5.41, 5.74) is 1.78. The molecule has 0 aliphatic carbocycles. The summed E-state index contributed by atoms with van der Waals surface area (Å²) in [5.74, 6) is -0.313. The molecule has 8 nitrogen and oxygen atoms in total. The highest BCUT2D eigenvalue weighted by Gasteiger charge is 2.32. The Labute approximate surface area is 138 Å². The third-order valence-corrected chi connectivity index (χ3v) is 3.73. The molecule has 0 fully saturated rings. The predicted molar refractivity (Wildman–Crippen MR) is 84.4 cm³/mol. The van der Waals surface area contributed by atoms with Gasteiger partial charge in [0.15, 0.2) is 12.4 Å². The average molecular weight is 327 g/mol. The number of aromatic nitrogens is 4. The summed E-state index contributed by atoms with van der Waals surface area (Å²) >= 11 is 0. The highest BCUT2D eigenvalue weighted by Crippen LogP contribution is 2.30. The second-order valence-electron chi connectivity index (χ2n) is 5.36. The van der Waals surface area contributed by atoms with E-state index in [-0.39, 0.29) is 19.1 Å². The summed E-state index contributed by atoms with van der Waals surface area (Å²) in [6, 6.07) is 7.12. The minimum absolute atomic E-state index is 0.0344. The van der Waals surface area contributed by atoms with Gasteiger partial charge in [-0.25, -0.2) is 4.68 Å². The molecule has 1 amide bonds. The van der Waals surface area contributed by atoms with Gasteiger partial charge in [0.05, 0.1) is 0 Å². The van der Waals surface area contributed by atoms with Gasteiger partial charge in [0.25, 0.3) is 5.91 Å². The first kappa shape index (κ1) is 15.9. The largest absolute Gasteiger partial charge is 0.456 e. The highest BCUT2D eigenvalue weighted by molar-refractivity contribution is 6.10. The minimum Gasteiger partial charge on any atom is -0.456 e. The molecule has 2 heterocycles. The lowest BCUT2D eigenvalue weighted by Crippen LogP contribution is -2.30. The Morgan fingerprint density at radius 1 is 1.29 bits per heavy atom. The molecule has 1 aliphatic heterocycles. The molecule has 1 aliphatic rings. The number of rotatable bonds is 6. The van der Waals surface area contributed by atoms with E-state index in [1.165, 1.54) is 4.90 Å². The number of esters is 1. The lowest BCUT2D eigenvalue weighted by atomic mass is 10.1. The molecule has 24 heavy (non-hydrogen) atoms. The third-order valence-electron chi connectivity index (χ3n) is 3.73. The molecule has 0 atom stereocenters. The van der Waals surface area contributed by atoms with E-state index in [1.54, 1.807) is 22.9 Å². The molecule has 124 valence electrons. The van der Waals surface area contributed by atoms with Crippen molar-refractivity contribution in [3.05, 3.63) is 47.8 Å². The average Bonchev–Trinajstić information content (AvgIpc) is 3.12. The number of tetrazole rings is 1. The molecule has 0 saturated carbocycles. The Bertz CT molecular complexity index is 764. The maximum Gasteiger partial charge on any atom is 0.326 e. The summed E-state index contributed by atoms with van der Waals surface area (Å²) in [7, 11) is 0. The Hall–Kier alpha value is -3.03. The summed E-state index contributed by atoms with van der Waals surface area (Å²) in [6.45, 7) is 6.31. The van der Waals surface area contributed by atoms with Crippen LogP contribution in [0.2, 0.25) is 0 Å². The lowest BCUT2D eigenvalue weighted by Gasteiger charge is -2.16. The first-order chi connectivity index (χ1) is 11.6. The summed E-state index contributed by atoms with van der Waals surface area (Å²) in [4.78, 5) is 25.7. The molecule has 8 heteroatoms. The van der Waals surface area contributed by atoms with Crippen molar-refractivity contribution in [3.63, 3.8) is 0 Å². The molecule has 1 aromatic carbocycles. The van der Waals surface area contributed by atoms with Crippen molar-refractivity contribution in [2.75, 3.05) is 6.54 Å². The lowest BCUT2D eigenvalue weighted by molar-refractivity contribution is -0.145. The van der Waals surface area contributed by atoms with Gasteiger partial charge in [-0.1, -0.05) is 31.7 Å². The number of ether oxygens (including phenoxy) is 1. The minimum atomic E-state index is -0.539.